The molecule has 1 aliphatic rings. The first-order valence-corrected chi connectivity index (χ1v) is 12.4. The van der Waals surface area contributed by atoms with Gasteiger partial charge in [-0.25, -0.2) is 9.97 Å². The van der Waals surface area contributed by atoms with Gasteiger partial charge < -0.3 is 25.4 Å². The average molecular weight is 504 g/mol. The summed E-state index contributed by atoms with van der Waals surface area (Å²) in [5.74, 6) is 1.82. The third-order valence-electron chi connectivity index (χ3n) is 6.44. The van der Waals surface area contributed by atoms with Crippen LogP contribution in [-0.4, -0.2) is 76.7 Å². The predicted molar refractivity (Wildman–Crippen MR) is 143 cm³/mol. The second kappa shape index (κ2) is 11.2. The highest BCUT2D eigenvalue weighted by molar-refractivity contribution is 6.02. The summed E-state index contributed by atoms with van der Waals surface area (Å²) >= 11 is 0. The highest BCUT2D eigenvalue weighted by atomic mass is 16.2. The monoisotopic (exact) mass is 503 g/mol. The van der Waals surface area contributed by atoms with E-state index in [9.17, 15) is 14.4 Å². The molecule has 1 fully saturated rings. The number of carbonyl (C=O) groups is 3. The van der Waals surface area contributed by atoms with Crippen molar-refractivity contribution in [2.75, 3.05) is 49.5 Å². The van der Waals surface area contributed by atoms with Gasteiger partial charge in [0, 0.05) is 69.1 Å². The molecular formula is C27H33N7O3. The minimum atomic E-state index is -0.0965. The number of hydrogen-bond donors (Lipinski definition) is 3. The molecule has 2 amide bonds. The standard InChI is InChI=1S/C27H33N7O3/c1-17-24(19(3)35)18(2)30-25(17)27(37)34-14-12-33(13-15-34)23-16-22(29-11-10-28-20(4)36)31-26(32-23)21-8-6-5-7-9-21/h5-9,16,30H,10-15H2,1-4H3,(H,28,36)(H,29,31,32). The van der Waals surface area contributed by atoms with Crippen molar-refractivity contribution in [2.24, 2.45) is 0 Å². The zero-order valence-electron chi connectivity index (χ0n) is 21.7. The Hall–Kier alpha value is -4.21. The number of nitrogens with zero attached hydrogens (tertiary/aromatic N) is 4. The van der Waals surface area contributed by atoms with Crippen molar-refractivity contribution < 1.29 is 14.4 Å². The van der Waals surface area contributed by atoms with E-state index in [-0.39, 0.29) is 17.6 Å². The molecule has 10 nitrogen and oxygen atoms in total. The SMILES string of the molecule is CC(=O)NCCNc1cc(N2CCN(C(=O)c3[nH]c(C)c(C(C)=O)c3C)CC2)nc(-c2ccccc2)n1. The highest BCUT2D eigenvalue weighted by Crippen LogP contribution is 2.25. The second-order valence-electron chi connectivity index (χ2n) is 9.17. The van der Waals surface area contributed by atoms with Crippen LogP contribution >= 0.6 is 0 Å². The fraction of sp³-hybridized carbons (Fsp3) is 0.370. The fourth-order valence-corrected chi connectivity index (χ4v) is 4.62. The summed E-state index contributed by atoms with van der Waals surface area (Å²) in [5, 5.41) is 6.04. The number of anilines is 2. The lowest BCUT2D eigenvalue weighted by Crippen LogP contribution is -2.49. The molecule has 0 unspecified atom stereocenters. The van der Waals surface area contributed by atoms with E-state index < -0.39 is 0 Å². The molecule has 1 saturated heterocycles. The molecule has 0 radical (unpaired) electrons. The van der Waals surface area contributed by atoms with Crippen molar-refractivity contribution in [1.29, 1.82) is 0 Å². The zero-order chi connectivity index (χ0) is 26.5. The van der Waals surface area contributed by atoms with Crippen molar-refractivity contribution in [3.63, 3.8) is 0 Å². The zero-order valence-corrected chi connectivity index (χ0v) is 21.7. The van der Waals surface area contributed by atoms with Gasteiger partial charge in [0.2, 0.25) is 5.91 Å². The normalized spacial score (nSPS) is 13.4. The molecule has 37 heavy (non-hydrogen) atoms. The number of hydrogen-bond acceptors (Lipinski definition) is 7. The van der Waals surface area contributed by atoms with Gasteiger partial charge in [-0.3, -0.25) is 14.4 Å². The Kier molecular flexibility index (Phi) is 7.86. The van der Waals surface area contributed by atoms with E-state index in [4.69, 9.17) is 4.98 Å². The molecule has 4 rings (SSSR count). The molecule has 1 aromatic carbocycles. The van der Waals surface area contributed by atoms with Crippen LogP contribution in [0, 0.1) is 13.8 Å². The highest BCUT2D eigenvalue weighted by Gasteiger charge is 2.27. The number of ketones is 1. The Bertz CT molecular complexity index is 1290. The molecule has 194 valence electrons. The number of carbonyl (C=O) groups excluding carboxylic acids is 3. The van der Waals surface area contributed by atoms with E-state index in [0.717, 1.165) is 17.1 Å². The predicted octanol–water partition coefficient (Wildman–Crippen LogP) is 2.80. The summed E-state index contributed by atoms with van der Waals surface area (Å²) in [6.07, 6.45) is 0. The number of piperazine rings is 1. The van der Waals surface area contributed by atoms with E-state index in [1.807, 2.05) is 55.1 Å². The van der Waals surface area contributed by atoms with Crippen molar-refractivity contribution in [3.8, 4) is 11.4 Å². The lowest BCUT2D eigenvalue weighted by molar-refractivity contribution is -0.118. The number of Topliss-reactive ketones (excluding diaryl/α,β-unsaturated/α-hetero) is 1. The Morgan fingerprint density at radius 2 is 1.68 bits per heavy atom. The van der Waals surface area contributed by atoms with Crippen molar-refractivity contribution in [3.05, 3.63) is 58.9 Å². The third-order valence-corrected chi connectivity index (χ3v) is 6.44. The van der Waals surface area contributed by atoms with Gasteiger partial charge in [0.25, 0.3) is 5.91 Å². The molecule has 0 saturated carbocycles. The van der Waals surface area contributed by atoms with E-state index in [1.165, 1.54) is 13.8 Å². The van der Waals surface area contributed by atoms with Gasteiger partial charge in [0.1, 0.15) is 17.3 Å². The molecule has 0 aliphatic carbocycles. The maximum Gasteiger partial charge on any atom is 0.270 e. The van der Waals surface area contributed by atoms with Gasteiger partial charge in [-0.05, 0) is 26.3 Å². The second-order valence-corrected chi connectivity index (χ2v) is 9.17. The molecule has 3 heterocycles. The van der Waals surface area contributed by atoms with Crippen LogP contribution < -0.4 is 15.5 Å². The molecule has 0 spiro atoms. The molecule has 3 N–H and O–H groups in total. The van der Waals surface area contributed by atoms with Gasteiger partial charge in [0.05, 0.1) is 0 Å². The van der Waals surface area contributed by atoms with Crippen LogP contribution in [0.25, 0.3) is 11.4 Å². The smallest absolute Gasteiger partial charge is 0.270 e. The average Bonchev–Trinajstić information content (AvgIpc) is 3.20. The first kappa shape index (κ1) is 25.9. The van der Waals surface area contributed by atoms with Gasteiger partial charge >= 0.3 is 0 Å². The number of benzene rings is 1. The van der Waals surface area contributed by atoms with Gasteiger partial charge in [0.15, 0.2) is 11.6 Å². The van der Waals surface area contributed by atoms with Crippen LogP contribution in [0.3, 0.4) is 0 Å². The summed E-state index contributed by atoms with van der Waals surface area (Å²) in [4.78, 5) is 53.0. The van der Waals surface area contributed by atoms with Gasteiger partial charge in [-0.1, -0.05) is 30.3 Å². The number of aromatic amines is 1. The topological polar surface area (TPSA) is 123 Å². The van der Waals surface area contributed by atoms with E-state index in [1.54, 1.807) is 0 Å². The number of aryl methyl sites for hydroxylation is 1. The summed E-state index contributed by atoms with van der Waals surface area (Å²) in [6.45, 7) is 9.94. The quantitative estimate of drug-likeness (QED) is 0.319. The minimum Gasteiger partial charge on any atom is -0.368 e. The van der Waals surface area contributed by atoms with Crippen LogP contribution in [-0.2, 0) is 4.79 Å². The molecule has 3 aromatic rings. The fourth-order valence-electron chi connectivity index (χ4n) is 4.62. The van der Waals surface area contributed by atoms with E-state index in [0.29, 0.717) is 67.7 Å². The molecule has 10 heteroatoms. The Balaban J connectivity index is 1.50. The maximum atomic E-state index is 13.2. The van der Waals surface area contributed by atoms with E-state index >= 15 is 0 Å². The summed E-state index contributed by atoms with van der Waals surface area (Å²) in [5.41, 5.74) is 3.41. The van der Waals surface area contributed by atoms with E-state index in [2.05, 4.69) is 25.5 Å². The number of amides is 2. The molecule has 1 aliphatic heterocycles. The van der Waals surface area contributed by atoms with Crippen LogP contribution in [0.1, 0.15) is 46.0 Å². The lowest BCUT2D eigenvalue weighted by Gasteiger charge is -2.35. The maximum absolute atomic E-state index is 13.2. The molecule has 0 atom stereocenters. The van der Waals surface area contributed by atoms with Crippen LogP contribution in [0.5, 0.6) is 0 Å². The first-order chi connectivity index (χ1) is 17.7. The van der Waals surface area contributed by atoms with Crippen molar-refractivity contribution >= 4 is 29.2 Å². The largest absolute Gasteiger partial charge is 0.368 e. The Labute approximate surface area is 216 Å². The summed E-state index contributed by atoms with van der Waals surface area (Å²) < 4.78 is 0. The first-order valence-electron chi connectivity index (χ1n) is 12.4. The molecule has 2 aromatic heterocycles. The number of nitrogens with one attached hydrogen (secondary N) is 3. The minimum absolute atomic E-state index is 0.0467. The lowest BCUT2D eigenvalue weighted by atomic mass is 10.1. The number of H-pyrrole nitrogens is 1. The van der Waals surface area contributed by atoms with Crippen LogP contribution in [0.2, 0.25) is 0 Å². The summed E-state index contributed by atoms with van der Waals surface area (Å²) in [6, 6.07) is 11.7. The number of rotatable bonds is 8. The Morgan fingerprint density at radius 3 is 2.30 bits per heavy atom. The molecule has 0 bridgehead atoms. The third kappa shape index (κ3) is 5.96. The summed E-state index contributed by atoms with van der Waals surface area (Å²) in [7, 11) is 0. The van der Waals surface area contributed by atoms with Crippen molar-refractivity contribution in [2.45, 2.75) is 27.7 Å². The van der Waals surface area contributed by atoms with Gasteiger partial charge in [-0.15, -0.1) is 0 Å². The van der Waals surface area contributed by atoms with Crippen molar-refractivity contribution in [1.82, 2.24) is 25.2 Å². The van der Waals surface area contributed by atoms with Gasteiger partial charge in [-0.2, -0.15) is 0 Å². The molecular weight excluding hydrogens is 470 g/mol. The van der Waals surface area contributed by atoms with Crippen LogP contribution in [0.15, 0.2) is 36.4 Å². The number of aromatic nitrogens is 3. The Morgan fingerprint density at radius 1 is 0.973 bits per heavy atom. The van der Waals surface area contributed by atoms with Crippen LogP contribution in [0.4, 0.5) is 11.6 Å².